The molecule has 0 unspecified atom stereocenters. The highest BCUT2D eigenvalue weighted by molar-refractivity contribution is 5.87. The van der Waals surface area contributed by atoms with Crippen molar-refractivity contribution < 1.29 is 10.0 Å². The molecule has 16 heavy (non-hydrogen) atoms. The molecule has 1 aromatic carbocycles. The molecule has 5 heteroatoms. The number of rotatable bonds is 4. The summed E-state index contributed by atoms with van der Waals surface area (Å²) in [6, 6.07) is 7.71. The normalized spacial score (nSPS) is 11.2. The molecular formula is C11H15N3O2. The van der Waals surface area contributed by atoms with Gasteiger partial charge in [0.1, 0.15) is 0 Å². The Kier molecular flexibility index (Phi) is 4.32. The third kappa shape index (κ3) is 4.00. The minimum atomic E-state index is -0.155. The second kappa shape index (κ2) is 5.75. The van der Waals surface area contributed by atoms with Crippen molar-refractivity contribution in [3.05, 3.63) is 35.4 Å². The number of hydrogen-bond donors (Lipinski definition) is 3. The van der Waals surface area contributed by atoms with Gasteiger partial charge >= 0.3 is 0 Å². The van der Waals surface area contributed by atoms with Crippen LogP contribution in [0.4, 0.5) is 0 Å². The van der Waals surface area contributed by atoms with Crippen molar-refractivity contribution in [2.45, 2.75) is 13.3 Å². The fourth-order valence-corrected chi connectivity index (χ4v) is 1.29. The van der Waals surface area contributed by atoms with E-state index in [2.05, 4.69) is 10.5 Å². The van der Waals surface area contributed by atoms with Gasteiger partial charge in [-0.15, -0.1) is 0 Å². The first-order chi connectivity index (χ1) is 7.61. The van der Waals surface area contributed by atoms with Crippen molar-refractivity contribution in [2.24, 2.45) is 10.9 Å². The van der Waals surface area contributed by atoms with E-state index in [0.29, 0.717) is 6.42 Å². The molecule has 0 aliphatic rings. The highest BCUT2D eigenvalue weighted by Crippen LogP contribution is 2.04. The standard InChI is InChI=1S/C11H15N3O2/c1-8-3-2-4-9(5-8)6-11(15)13-7-10(12)14-16/h2-5,16H,6-7H2,1H3,(H2,12,14)(H,13,15). The van der Waals surface area contributed by atoms with Crippen LogP contribution in [0.5, 0.6) is 0 Å². The second-order valence-electron chi connectivity index (χ2n) is 3.53. The van der Waals surface area contributed by atoms with Crippen LogP contribution >= 0.6 is 0 Å². The van der Waals surface area contributed by atoms with Crippen molar-refractivity contribution in [1.82, 2.24) is 5.32 Å². The lowest BCUT2D eigenvalue weighted by atomic mass is 10.1. The maximum absolute atomic E-state index is 11.4. The summed E-state index contributed by atoms with van der Waals surface area (Å²) < 4.78 is 0. The molecule has 0 saturated heterocycles. The van der Waals surface area contributed by atoms with E-state index >= 15 is 0 Å². The number of nitrogens with two attached hydrogens (primary N) is 1. The van der Waals surface area contributed by atoms with Gasteiger partial charge in [-0.05, 0) is 12.5 Å². The van der Waals surface area contributed by atoms with Crippen LogP contribution in [0.2, 0.25) is 0 Å². The van der Waals surface area contributed by atoms with Gasteiger partial charge < -0.3 is 16.3 Å². The highest BCUT2D eigenvalue weighted by Gasteiger charge is 2.03. The van der Waals surface area contributed by atoms with Gasteiger partial charge in [0.2, 0.25) is 5.91 Å². The number of hydrogen-bond acceptors (Lipinski definition) is 3. The van der Waals surface area contributed by atoms with E-state index in [0.717, 1.165) is 11.1 Å². The van der Waals surface area contributed by atoms with Crippen molar-refractivity contribution >= 4 is 11.7 Å². The fourth-order valence-electron chi connectivity index (χ4n) is 1.29. The minimum Gasteiger partial charge on any atom is -0.409 e. The summed E-state index contributed by atoms with van der Waals surface area (Å²) in [4.78, 5) is 11.4. The molecule has 0 radical (unpaired) electrons. The zero-order chi connectivity index (χ0) is 12.0. The van der Waals surface area contributed by atoms with Gasteiger partial charge in [0.15, 0.2) is 5.84 Å². The molecule has 0 saturated carbocycles. The Labute approximate surface area is 94.0 Å². The number of benzene rings is 1. The Bertz CT molecular complexity index is 402. The topological polar surface area (TPSA) is 87.7 Å². The SMILES string of the molecule is Cc1cccc(CC(=O)NCC(N)=NO)c1. The Balaban J connectivity index is 2.46. The summed E-state index contributed by atoms with van der Waals surface area (Å²) in [5.74, 6) is -0.171. The lowest BCUT2D eigenvalue weighted by molar-refractivity contribution is -0.120. The van der Waals surface area contributed by atoms with Gasteiger partial charge in [0.05, 0.1) is 13.0 Å². The highest BCUT2D eigenvalue weighted by atomic mass is 16.4. The van der Waals surface area contributed by atoms with Crippen LogP contribution in [0.15, 0.2) is 29.4 Å². The number of nitrogens with zero attached hydrogens (tertiary/aromatic N) is 1. The lowest BCUT2D eigenvalue weighted by Gasteiger charge is -2.04. The third-order valence-corrected chi connectivity index (χ3v) is 2.04. The van der Waals surface area contributed by atoms with Gasteiger partial charge in [-0.3, -0.25) is 4.79 Å². The number of amidine groups is 1. The molecular weight excluding hydrogens is 206 g/mol. The lowest BCUT2D eigenvalue weighted by Crippen LogP contribution is -2.34. The van der Waals surface area contributed by atoms with Gasteiger partial charge in [-0.1, -0.05) is 35.0 Å². The Morgan fingerprint density at radius 3 is 2.94 bits per heavy atom. The summed E-state index contributed by atoms with van der Waals surface area (Å²) >= 11 is 0. The molecule has 1 rings (SSSR count). The quantitative estimate of drug-likeness (QED) is 0.297. The van der Waals surface area contributed by atoms with E-state index < -0.39 is 0 Å². The molecule has 1 aromatic rings. The van der Waals surface area contributed by atoms with Crippen LogP contribution in [-0.4, -0.2) is 23.5 Å². The summed E-state index contributed by atoms with van der Waals surface area (Å²) in [5.41, 5.74) is 7.28. The molecule has 0 spiro atoms. The monoisotopic (exact) mass is 221 g/mol. The molecule has 0 aliphatic heterocycles. The van der Waals surface area contributed by atoms with Crippen molar-refractivity contribution in [3.63, 3.8) is 0 Å². The van der Waals surface area contributed by atoms with Gasteiger partial charge in [0.25, 0.3) is 0 Å². The molecule has 0 heterocycles. The van der Waals surface area contributed by atoms with Crippen LogP contribution in [0, 0.1) is 6.92 Å². The summed E-state index contributed by atoms with van der Waals surface area (Å²) in [6.07, 6.45) is 0.292. The number of carbonyl (C=O) groups excluding carboxylic acids is 1. The van der Waals surface area contributed by atoms with Crippen LogP contribution in [0.1, 0.15) is 11.1 Å². The largest absolute Gasteiger partial charge is 0.409 e. The smallest absolute Gasteiger partial charge is 0.224 e. The van der Waals surface area contributed by atoms with Crippen LogP contribution in [0.25, 0.3) is 0 Å². The van der Waals surface area contributed by atoms with Gasteiger partial charge in [0, 0.05) is 0 Å². The van der Waals surface area contributed by atoms with E-state index in [1.165, 1.54) is 0 Å². The Morgan fingerprint density at radius 1 is 1.56 bits per heavy atom. The number of nitrogens with one attached hydrogen (secondary N) is 1. The molecule has 4 N–H and O–H groups in total. The summed E-state index contributed by atoms with van der Waals surface area (Å²) in [6.45, 7) is 2.03. The number of amides is 1. The van der Waals surface area contributed by atoms with Crippen LogP contribution < -0.4 is 11.1 Å². The first-order valence-corrected chi connectivity index (χ1v) is 4.90. The fraction of sp³-hybridized carbons (Fsp3) is 0.273. The predicted octanol–water partition coefficient (Wildman–Crippen LogP) is 0.400. The van der Waals surface area contributed by atoms with E-state index in [1.54, 1.807) is 0 Å². The van der Waals surface area contributed by atoms with Gasteiger partial charge in [-0.25, -0.2) is 0 Å². The zero-order valence-electron chi connectivity index (χ0n) is 9.10. The van der Waals surface area contributed by atoms with Gasteiger partial charge in [-0.2, -0.15) is 0 Å². The summed E-state index contributed by atoms with van der Waals surface area (Å²) in [7, 11) is 0. The van der Waals surface area contributed by atoms with Crippen molar-refractivity contribution in [1.29, 1.82) is 0 Å². The molecule has 0 fully saturated rings. The summed E-state index contributed by atoms with van der Waals surface area (Å²) in [5, 5.41) is 13.6. The van der Waals surface area contributed by atoms with Crippen LogP contribution in [0.3, 0.4) is 0 Å². The second-order valence-corrected chi connectivity index (χ2v) is 3.53. The first kappa shape index (κ1) is 12.0. The number of oxime groups is 1. The zero-order valence-corrected chi connectivity index (χ0v) is 9.10. The maximum atomic E-state index is 11.4. The molecule has 0 bridgehead atoms. The average molecular weight is 221 g/mol. The number of carbonyl (C=O) groups is 1. The molecule has 0 aromatic heterocycles. The van der Waals surface area contributed by atoms with E-state index in [4.69, 9.17) is 10.9 Å². The minimum absolute atomic E-state index is 0.0161. The molecule has 0 aliphatic carbocycles. The molecule has 0 atom stereocenters. The molecule has 1 amide bonds. The Hall–Kier alpha value is -2.04. The first-order valence-electron chi connectivity index (χ1n) is 4.90. The van der Waals surface area contributed by atoms with E-state index in [-0.39, 0.29) is 18.3 Å². The van der Waals surface area contributed by atoms with E-state index in [9.17, 15) is 4.79 Å². The van der Waals surface area contributed by atoms with Crippen molar-refractivity contribution in [3.8, 4) is 0 Å². The van der Waals surface area contributed by atoms with Crippen LogP contribution in [-0.2, 0) is 11.2 Å². The number of aryl methyl sites for hydroxylation is 1. The molecule has 86 valence electrons. The third-order valence-electron chi connectivity index (χ3n) is 2.04. The Morgan fingerprint density at radius 2 is 2.31 bits per heavy atom. The van der Waals surface area contributed by atoms with E-state index in [1.807, 2.05) is 31.2 Å². The molecule has 5 nitrogen and oxygen atoms in total. The maximum Gasteiger partial charge on any atom is 0.224 e. The predicted molar refractivity (Wildman–Crippen MR) is 61.3 cm³/mol. The van der Waals surface area contributed by atoms with Crippen molar-refractivity contribution in [2.75, 3.05) is 6.54 Å². The average Bonchev–Trinajstić information content (AvgIpc) is 2.26.